The number of aliphatic hydroxyl groups excluding tert-OH is 1. The Labute approximate surface area is 140 Å². The van der Waals surface area contributed by atoms with Gasteiger partial charge < -0.3 is 20.5 Å². The first-order valence-corrected chi connectivity index (χ1v) is 8.17. The molecule has 1 heterocycles. The SMILES string of the molecule is O=C(NC1(CO)CNC1)OCC1c2ccccc2-c2ccccc21. The molecule has 24 heavy (non-hydrogen) atoms. The van der Waals surface area contributed by atoms with Gasteiger partial charge in [-0.1, -0.05) is 48.5 Å². The van der Waals surface area contributed by atoms with Gasteiger partial charge in [0.05, 0.1) is 12.1 Å². The predicted octanol–water partition coefficient (Wildman–Crippen LogP) is 1.86. The lowest BCUT2D eigenvalue weighted by Crippen LogP contribution is -2.71. The summed E-state index contributed by atoms with van der Waals surface area (Å²) >= 11 is 0. The third kappa shape index (κ3) is 2.46. The molecule has 0 atom stereocenters. The lowest BCUT2D eigenvalue weighted by molar-refractivity contribution is 0.0839. The minimum Gasteiger partial charge on any atom is -0.449 e. The molecule has 2 aromatic carbocycles. The Hall–Kier alpha value is -2.37. The molecular weight excluding hydrogens is 304 g/mol. The van der Waals surface area contributed by atoms with E-state index in [4.69, 9.17) is 4.74 Å². The number of aliphatic hydroxyl groups is 1. The Kier molecular flexibility index (Phi) is 3.75. The van der Waals surface area contributed by atoms with Gasteiger partial charge in [-0.2, -0.15) is 0 Å². The summed E-state index contributed by atoms with van der Waals surface area (Å²) in [5, 5.41) is 15.2. The van der Waals surface area contributed by atoms with Crippen molar-refractivity contribution in [3.63, 3.8) is 0 Å². The Morgan fingerprint density at radius 1 is 1.12 bits per heavy atom. The van der Waals surface area contributed by atoms with Crippen LogP contribution in [0.2, 0.25) is 0 Å². The normalized spacial score (nSPS) is 17.5. The zero-order chi connectivity index (χ0) is 16.6. The zero-order valence-corrected chi connectivity index (χ0v) is 13.3. The van der Waals surface area contributed by atoms with E-state index in [2.05, 4.69) is 34.9 Å². The second-order valence-corrected chi connectivity index (χ2v) is 6.49. The summed E-state index contributed by atoms with van der Waals surface area (Å²) in [5.41, 5.74) is 4.21. The molecule has 1 fully saturated rings. The molecular formula is C19H20N2O3. The molecule has 124 valence electrons. The fourth-order valence-electron chi connectivity index (χ4n) is 3.52. The lowest BCUT2D eigenvalue weighted by atomic mass is 9.94. The van der Waals surface area contributed by atoms with Gasteiger partial charge in [0, 0.05) is 19.0 Å². The van der Waals surface area contributed by atoms with Gasteiger partial charge in [-0.15, -0.1) is 0 Å². The number of amides is 1. The molecule has 0 saturated carbocycles. The second kappa shape index (κ2) is 5.92. The standard InChI is InChI=1S/C19H20N2O3/c22-12-19(10-20-11-19)21-18(23)24-9-17-15-7-3-1-5-13(15)14-6-2-4-8-16(14)17/h1-8,17,20,22H,9-12H2,(H,21,23). The largest absolute Gasteiger partial charge is 0.449 e. The summed E-state index contributed by atoms with van der Waals surface area (Å²) in [6, 6.07) is 16.5. The summed E-state index contributed by atoms with van der Waals surface area (Å²) in [4.78, 5) is 12.1. The zero-order valence-electron chi connectivity index (χ0n) is 13.3. The highest BCUT2D eigenvalue weighted by Gasteiger charge is 2.38. The van der Waals surface area contributed by atoms with Crippen molar-refractivity contribution in [1.82, 2.24) is 10.6 Å². The van der Waals surface area contributed by atoms with E-state index < -0.39 is 11.6 Å². The maximum Gasteiger partial charge on any atom is 0.407 e. The summed E-state index contributed by atoms with van der Waals surface area (Å²) in [7, 11) is 0. The summed E-state index contributed by atoms with van der Waals surface area (Å²) in [6.45, 7) is 1.32. The van der Waals surface area contributed by atoms with Crippen LogP contribution in [0.25, 0.3) is 11.1 Å². The Morgan fingerprint density at radius 2 is 1.71 bits per heavy atom. The highest BCUT2D eigenvalue weighted by atomic mass is 16.5. The molecule has 3 N–H and O–H groups in total. The van der Waals surface area contributed by atoms with Crippen LogP contribution >= 0.6 is 0 Å². The Bertz CT molecular complexity index is 720. The van der Waals surface area contributed by atoms with Crippen molar-refractivity contribution in [3.8, 4) is 11.1 Å². The van der Waals surface area contributed by atoms with E-state index in [-0.39, 0.29) is 19.1 Å². The fourth-order valence-corrected chi connectivity index (χ4v) is 3.52. The predicted molar refractivity (Wildman–Crippen MR) is 90.9 cm³/mol. The first-order chi connectivity index (χ1) is 11.7. The van der Waals surface area contributed by atoms with Crippen LogP contribution in [0.15, 0.2) is 48.5 Å². The highest BCUT2D eigenvalue weighted by Crippen LogP contribution is 2.44. The van der Waals surface area contributed by atoms with E-state index in [1.807, 2.05) is 24.3 Å². The average Bonchev–Trinajstić information content (AvgIpc) is 2.90. The number of rotatable bonds is 4. The number of carbonyl (C=O) groups excluding carboxylic acids is 1. The molecule has 2 aromatic rings. The van der Waals surface area contributed by atoms with Gasteiger partial charge in [0.25, 0.3) is 0 Å². The first-order valence-electron chi connectivity index (χ1n) is 8.17. The van der Waals surface area contributed by atoms with E-state index in [1.165, 1.54) is 22.3 Å². The molecule has 5 heteroatoms. The average molecular weight is 324 g/mol. The molecule has 0 aromatic heterocycles. The Morgan fingerprint density at radius 3 is 2.21 bits per heavy atom. The quantitative estimate of drug-likeness (QED) is 0.803. The van der Waals surface area contributed by atoms with Gasteiger partial charge in [0.1, 0.15) is 6.61 Å². The molecule has 2 aliphatic rings. The molecule has 0 spiro atoms. The first kappa shape index (κ1) is 15.2. The van der Waals surface area contributed by atoms with Gasteiger partial charge in [0.2, 0.25) is 0 Å². The minimum atomic E-state index is -0.581. The van der Waals surface area contributed by atoms with Crippen LogP contribution in [-0.2, 0) is 4.74 Å². The second-order valence-electron chi connectivity index (χ2n) is 6.49. The third-order valence-corrected chi connectivity index (χ3v) is 4.94. The molecule has 1 amide bonds. The van der Waals surface area contributed by atoms with Crippen LogP contribution < -0.4 is 10.6 Å². The molecule has 0 radical (unpaired) electrons. The smallest absolute Gasteiger partial charge is 0.407 e. The number of fused-ring (bicyclic) bond motifs is 3. The van der Waals surface area contributed by atoms with Crippen molar-refractivity contribution >= 4 is 6.09 Å². The number of hydrogen-bond acceptors (Lipinski definition) is 4. The molecule has 0 bridgehead atoms. The molecule has 0 unspecified atom stereocenters. The van der Waals surface area contributed by atoms with Crippen molar-refractivity contribution in [2.45, 2.75) is 11.5 Å². The van der Waals surface area contributed by atoms with Crippen LogP contribution in [0.3, 0.4) is 0 Å². The fraction of sp³-hybridized carbons (Fsp3) is 0.316. The number of ether oxygens (including phenoxy) is 1. The number of benzene rings is 2. The number of hydrogen-bond donors (Lipinski definition) is 3. The van der Waals surface area contributed by atoms with Gasteiger partial charge >= 0.3 is 6.09 Å². The van der Waals surface area contributed by atoms with Crippen LogP contribution in [0.1, 0.15) is 17.0 Å². The minimum absolute atomic E-state index is 0.0488. The van der Waals surface area contributed by atoms with Crippen molar-refractivity contribution in [3.05, 3.63) is 59.7 Å². The lowest BCUT2D eigenvalue weighted by Gasteiger charge is -2.41. The van der Waals surface area contributed by atoms with E-state index in [9.17, 15) is 9.90 Å². The van der Waals surface area contributed by atoms with Gasteiger partial charge in [-0.25, -0.2) is 4.79 Å². The van der Waals surface area contributed by atoms with Crippen LogP contribution in [-0.4, -0.2) is 43.0 Å². The monoisotopic (exact) mass is 324 g/mol. The van der Waals surface area contributed by atoms with Crippen LogP contribution in [0.5, 0.6) is 0 Å². The topological polar surface area (TPSA) is 70.6 Å². The third-order valence-electron chi connectivity index (χ3n) is 4.94. The maximum atomic E-state index is 12.1. The summed E-state index contributed by atoms with van der Waals surface area (Å²) < 4.78 is 5.48. The molecule has 5 nitrogen and oxygen atoms in total. The Balaban J connectivity index is 1.50. The van der Waals surface area contributed by atoms with E-state index in [0.29, 0.717) is 13.1 Å². The van der Waals surface area contributed by atoms with E-state index in [1.54, 1.807) is 0 Å². The van der Waals surface area contributed by atoms with E-state index in [0.717, 1.165) is 0 Å². The van der Waals surface area contributed by atoms with Gasteiger partial charge in [-0.3, -0.25) is 0 Å². The maximum absolute atomic E-state index is 12.1. The summed E-state index contributed by atoms with van der Waals surface area (Å²) in [6.07, 6.45) is -0.479. The summed E-state index contributed by atoms with van der Waals surface area (Å²) in [5.74, 6) is 0.0488. The van der Waals surface area contributed by atoms with E-state index >= 15 is 0 Å². The van der Waals surface area contributed by atoms with Crippen molar-refractivity contribution in [1.29, 1.82) is 0 Å². The van der Waals surface area contributed by atoms with Crippen LogP contribution in [0, 0.1) is 0 Å². The van der Waals surface area contributed by atoms with Crippen molar-refractivity contribution < 1.29 is 14.6 Å². The number of nitrogens with one attached hydrogen (secondary N) is 2. The molecule has 1 saturated heterocycles. The molecule has 4 rings (SSSR count). The van der Waals surface area contributed by atoms with Crippen molar-refractivity contribution in [2.24, 2.45) is 0 Å². The molecule has 1 aliphatic heterocycles. The molecule has 1 aliphatic carbocycles. The van der Waals surface area contributed by atoms with Crippen LogP contribution in [0.4, 0.5) is 4.79 Å². The van der Waals surface area contributed by atoms with Crippen molar-refractivity contribution in [2.75, 3.05) is 26.3 Å². The van der Waals surface area contributed by atoms with Gasteiger partial charge in [-0.05, 0) is 22.3 Å². The number of carbonyl (C=O) groups is 1. The van der Waals surface area contributed by atoms with Gasteiger partial charge in [0.15, 0.2) is 0 Å². The highest BCUT2D eigenvalue weighted by molar-refractivity contribution is 5.79. The number of alkyl carbamates (subject to hydrolysis) is 1.